The highest BCUT2D eigenvalue weighted by atomic mass is 15.3. The molecule has 3 heteroatoms. The third-order valence-electron chi connectivity index (χ3n) is 3.95. The summed E-state index contributed by atoms with van der Waals surface area (Å²) in [4.78, 5) is 6.73. The molecule has 1 aliphatic heterocycles. The van der Waals surface area contributed by atoms with Gasteiger partial charge in [0.2, 0.25) is 0 Å². The molecule has 0 fully saturated rings. The number of nitrogens with zero attached hydrogens (tertiary/aromatic N) is 2. The average molecular weight is 259 g/mol. The van der Waals surface area contributed by atoms with Gasteiger partial charge in [-0.25, -0.2) is 0 Å². The van der Waals surface area contributed by atoms with Crippen LogP contribution < -0.4 is 5.73 Å². The van der Waals surface area contributed by atoms with Gasteiger partial charge in [0.1, 0.15) is 0 Å². The van der Waals surface area contributed by atoms with E-state index >= 15 is 0 Å². The van der Waals surface area contributed by atoms with Gasteiger partial charge in [0.15, 0.2) is 5.96 Å². The van der Waals surface area contributed by atoms with Gasteiger partial charge in [0, 0.05) is 6.54 Å². The minimum absolute atomic E-state index is 0.0736. The van der Waals surface area contributed by atoms with Gasteiger partial charge in [-0.2, -0.15) is 0 Å². The Labute approximate surface area is 116 Å². The molecule has 0 radical (unpaired) electrons. The van der Waals surface area contributed by atoms with Crippen LogP contribution in [-0.4, -0.2) is 22.9 Å². The Bertz CT molecular complexity index is 439. The Kier molecular flexibility index (Phi) is 4.13. The van der Waals surface area contributed by atoms with Crippen LogP contribution in [0.4, 0.5) is 0 Å². The zero-order chi connectivity index (χ0) is 13.9. The summed E-state index contributed by atoms with van der Waals surface area (Å²) in [6.45, 7) is 8.49. The van der Waals surface area contributed by atoms with Crippen LogP contribution in [0, 0.1) is 5.92 Å². The minimum atomic E-state index is 0.0736. The van der Waals surface area contributed by atoms with Gasteiger partial charge < -0.3 is 10.6 Å². The number of hydrogen-bond acceptors (Lipinski definition) is 3. The maximum atomic E-state index is 6.08. The smallest absolute Gasteiger partial charge is 0.192 e. The second kappa shape index (κ2) is 5.64. The second-order valence-electron chi connectivity index (χ2n) is 6.18. The molecule has 2 rings (SSSR count). The summed E-state index contributed by atoms with van der Waals surface area (Å²) >= 11 is 0. The Morgan fingerprint density at radius 2 is 2.00 bits per heavy atom. The molecule has 1 aliphatic rings. The summed E-state index contributed by atoms with van der Waals surface area (Å²) in [5.41, 5.74) is 7.45. The van der Waals surface area contributed by atoms with Crippen molar-refractivity contribution in [1.29, 1.82) is 0 Å². The number of nitrogens with two attached hydrogens (primary N) is 1. The van der Waals surface area contributed by atoms with Crippen LogP contribution in [0.3, 0.4) is 0 Å². The maximum absolute atomic E-state index is 6.08. The summed E-state index contributed by atoms with van der Waals surface area (Å²) < 4.78 is 0. The third-order valence-corrected chi connectivity index (χ3v) is 3.95. The molecular formula is C16H25N3. The highest BCUT2D eigenvalue weighted by molar-refractivity contribution is 5.80. The molecule has 0 amide bonds. The van der Waals surface area contributed by atoms with Crippen molar-refractivity contribution in [2.75, 3.05) is 6.54 Å². The normalized spacial score (nSPS) is 22.9. The van der Waals surface area contributed by atoms with Gasteiger partial charge >= 0.3 is 0 Å². The molecule has 0 saturated heterocycles. The quantitative estimate of drug-likeness (QED) is 0.883. The van der Waals surface area contributed by atoms with Gasteiger partial charge in [-0.1, -0.05) is 44.2 Å². The van der Waals surface area contributed by atoms with E-state index in [2.05, 4.69) is 54.9 Å². The molecule has 19 heavy (non-hydrogen) atoms. The number of aliphatic imine (C=N–C) groups is 1. The topological polar surface area (TPSA) is 41.6 Å². The predicted octanol–water partition coefficient (Wildman–Crippen LogP) is 3.01. The summed E-state index contributed by atoms with van der Waals surface area (Å²) in [5.74, 6) is 1.41. The van der Waals surface area contributed by atoms with Crippen LogP contribution in [0.15, 0.2) is 35.3 Å². The molecule has 0 bridgehead atoms. The molecule has 104 valence electrons. The molecular weight excluding hydrogens is 234 g/mol. The predicted molar refractivity (Wildman–Crippen MR) is 81.0 cm³/mol. The van der Waals surface area contributed by atoms with Gasteiger partial charge in [-0.05, 0) is 31.2 Å². The molecule has 0 aliphatic carbocycles. The van der Waals surface area contributed by atoms with Gasteiger partial charge in [0.05, 0.1) is 12.1 Å². The van der Waals surface area contributed by atoms with E-state index in [-0.39, 0.29) is 5.54 Å². The first kappa shape index (κ1) is 13.9. The van der Waals surface area contributed by atoms with E-state index in [1.54, 1.807) is 0 Å². The van der Waals surface area contributed by atoms with Crippen molar-refractivity contribution in [1.82, 2.24) is 4.90 Å². The monoisotopic (exact) mass is 259 g/mol. The number of benzene rings is 1. The minimum Gasteiger partial charge on any atom is -0.370 e. The Morgan fingerprint density at radius 3 is 2.63 bits per heavy atom. The first-order valence-corrected chi connectivity index (χ1v) is 7.13. The van der Waals surface area contributed by atoms with Crippen molar-refractivity contribution in [2.24, 2.45) is 16.6 Å². The van der Waals surface area contributed by atoms with Crippen LogP contribution in [0.2, 0.25) is 0 Å². The molecule has 3 nitrogen and oxygen atoms in total. The zero-order valence-corrected chi connectivity index (χ0v) is 12.3. The molecule has 1 atom stereocenters. The van der Waals surface area contributed by atoms with E-state index in [1.807, 2.05) is 6.07 Å². The maximum Gasteiger partial charge on any atom is 0.192 e. The van der Waals surface area contributed by atoms with Gasteiger partial charge in [-0.3, -0.25) is 4.99 Å². The van der Waals surface area contributed by atoms with Crippen LogP contribution in [0.5, 0.6) is 0 Å². The van der Waals surface area contributed by atoms with E-state index in [9.17, 15) is 0 Å². The lowest BCUT2D eigenvalue weighted by atomic mass is 9.91. The number of guanidine groups is 1. The van der Waals surface area contributed by atoms with Crippen molar-refractivity contribution in [3.05, 3.63) is 35.9 Å². The van der Waals surface area contributed by atoms with E-state index in [1.165, 1.54) is 12.0 Å². The SMILES string of the molecule is CC(C)CCC1(C)CN=C(N)N1Cc1ccccc1. The van der Waals surface area contributed by atoms with Crippen molar-refractivity contribution in [2.45, 2.75) is 45.7 Å². The van der Waals surface area contributed by atoms with Gasteiger partial charge in [0.25, 0.3) is 0 Å². The number of hydrogen-bond donors (Lipinski definition) is 1. The second-order valence-corrected chi connectivity index (χ2v) is 6.18. The fraction of sp³-hybridized carbons (Fsp3) is 0.562. The van der Waals surface area contributed by atoms with E-state index in [4.69, 9.17) is 5.73 Å². The standard InChI is InChI=1S/C16H25N3/c1-13(2)9-10-16(3)12-18-15(17)19(16)11-14-7-5-4-6-8-14/h4-8,13H,9-12H2,1-3H3,(H2,17,18). The highest BCUT2D eigenvalue weighted by Gasteiger charge is 2.37. The summed E-state index contributed by atoms with van der Waals surface area (Å²) in [6.07, 6.45) is 2.35. The van der Waals surface area contributed by atoms with Crippen molar-refractivity contribution < 1.29 is 0 Å². The Balaban J connectivity index is 2.08. The Hall–Kier alpha value is -1.51. The highest BCUT2D eigenvalue weighted by Crippen LogP contribution is 2.29. The molecule has 1 heterocycles. The Morgan fingerprint density at radius 1 is 1.32 bits per heavy atom. The van der Waals surface area contributed by atoms with E-state index in [0.29, 0.717) is 5.96 Å². The molecule has 0 saturated carbocycles. The van der Waals surface area contributed by atoms with Crippen LogP contribution in [0.25, 0.3) is 0 Å². The van der Waals surface area contributed by atoms with Crippen LogP contribution >= 0.6 is 0 Å². The summed E-state index contributed by atoms with van der Waals surface area (Å²) in [7, 11) is 0. The summed E-state index contributed by atoms with van der Waals surface area (Å²) in [6, 6.07) is 10.5. The lowest BCUT2D eigenvalue weighted by molar-refractivity contribution is 0.190. The lowest BCUT2D eigenvalue weighted by Crippen LogP contribution is -2.49. The number of rotatable bonds is 5. The van der Waals surface area contributed by atoms with Crippen molar-refractivity contribution >= 4 is 5.96 Å². The largest absolute Gasteiger partial charge is 0.370 e. The first-order valence-electron chi connectivity index (χ1n) is 7.13. The van der Waals surface area contributed by atoms with E-state index < -0.39 is 0 Å². The molecule has 0 spiro atoms. The van der Waals surface area contributed by atoms with Crippen LogP contribution in [0.1, 0.15) is 39.2 Å². The molecule has 1 unspecified atom stereocenters. The molecule has 1 aromatic carbocycles. The molecule has 1 aromatic rings. The fourth-order valence-electron chi connectivity index (χ4n) is 2.55. The molecule has 2 N–H and O–H groups in total. The summed E-state index contributed by atoms with van der Waals surface area (Å²) in [5, 5.41) is 0. The van der Waals surface area contributed by atoms with Crippen molar-refractivity contribution in [3.63, 3.8) is 0 Å². The average Bonchev–Trinajstić information content (AvgIpc) is 2.67. The third kappa shape index (κ3) is 3.28. The van der Waals surface area contributed by atoms with E-state index in [0.717, 1.165) is 25.4 Å². The van der Waals surface area contributed by atoms with Crippen molar-refractivity contribution in [3.8, 4) is 0 Å². The zero-order valence-electron chi connectivity index (χ0n) is 12.3. The van der Waals surface area contributed by atoms with Crippen LogP contribution in [-0.2, 0) is 6.54 Å². The fourth-order valence-corrected chi connectivity index (χ4v) is 2.55. The molecule has 0 aromatic heterocycles. The lowest BCUT2D eigenvalue weighted by Gasteiger charge is -2.37. The van der Waals surface area contributed by atoms with Gasteiger partial charge in [-0.15, -0.1) is 0 Å². The first-order chi connectivity index (χ1) is 9.01.